The molecule has 10 nitrogen and oxygen atoms in total. The van der Waals surface area contributed by atoms with Gasteiger partial charge in [-0.05, 0) is 67.4 Å². The predicted octanol–water partition coefficient (Wildman–Crippen LogP) is 6.38. The van der Waals surface area contributed by atoms with Crippen LogP contribution in [0.2, 0.25) is 0 Å². The summed E-state index contributed by atoms with van der Waals surface area (Å²) in [6, 6.07) is 15.8. The van der Waals surface area contributed by atoms with Crippen LogP contribution >= 0.6 is 15.9 Å². The van der Waals surface area contributed by atoms with Crippen molar-refractivity contribution in [2.45, 2.75) is 37.6 Å². The zero-order chi connectivity index (χ0) is 32.6. The quantitative estimate of drug-likeness (QED) is 0.109. The minimum Gasteiger partial charge on any atom is -0.466 e. The summed E-state index contributed by atoms with van der Waals surface area (Å²) < 4.78 is 53.5. The molecule has 3 aromatic rings. The average Bonchev–Trinajstić information content (AvgIpc) is 3.39. The Kier molecular flexibility index (Phi) is 11.5. The Labute approximate surface area is 263 Å². The van der Waals surface area contributed by atoms with Crippen molar-refractivity contribution in [3.8, 4) is 0 Å². The molecule has 0 fully saturated rings. The van der Waals surface area contributed by atoms with Crippen LogP contribution in [-0.2, 0) is 29.1 Å². The number of non-ortho nitro benzene ring substituents is 1. The normalized spacial score (nSPS) is 15.8. The van der Waals surface area contributed by atoms with Gasteiger partial charge in [-0.1, -0.05) is 46.8 Å². The van der Waals surface area contributed by atoms with Gasteiger partial charge in [-0.3, -0.25) is 19.2 Å². The molecule has 1 aliphatic heterocycles. The van der Waals surface area contributed by atoms with Crippen molar-refractivity contribution >= 4 is 49.3 Å². The van der Waals surface area contributed by atoms with Gasteiger partial charge in [0.25, 0.3) is 15.7 Å². The Morgan fingerprint density at radius 3 is 2.02 bits per heavy atom. The number of carbonyl (C=O) groups excluding carboxylic acids is 2. The van der Waals surface area contributed by atoms with Gasteiger partial charge < -0.3 is 9.47 Å². The molecule has 13 heteroatoms. The summed E-state index contributed by atoms with van der Waals surface area (Å²) in [5.41, 5.74) is 0.962. The van der Waals surface area contributed by atoms with Crippen molar-refractivity contribution in [1.82, 2.24) is 4.31 Å². The molecule has 1 heterocycles. The van der Waals surface area contributed by atoms with E-state index in [0.29, 0.717) is 17.7 Å². The zero-order valence-electron chi connectivity index (χ0n) is 24.1. The molecule has 0 saturated heterocycles. The average molecular weight is 690 g/mol. The second kappa shape index (κ2) is 14.9. The van der Waals surface area contributed by atoms with Crippen LogP contribution in [0.15, 0.2) is 100 Å². The Bertz CT molecular complexity index is 1660. The number of nitro groups is 1. The van der Waals surface area contributed by atoms with Crippen LogP contribution in [-0.4, -0.2) is 48.8 Å². The monoisotopic (exact) mass is 688 g/mol. The van der Waals surface area contributed by atoms with E-state index in [4.69, 9.17) is 4.74 Å². The summed E-state index contributed by atoms with van der Waals surface area (Å²) in [5, 5.41) is 11.1. The van der Waals surface area contributed by atoms with E-state index in [2.05, 4.69) is 27.2 Å². The van der Waals surface area contributed by atoms with Gasteiger partial charge in [-0.2, -0.15) is 0 Å². The fourth-order valence-corrected chi connectivity index (χ4v) is 6.43. The van der Waals surface area contributed by atoms with Gasteiger partial charge in [0.15, 0.2) is 0 Å². The lowest BCUT2D eigenvalue weighted by Gasteiger charge is -2.32. The fourth-order valence-electron chi connectivity index (χ4n) is 4.48. The maximum Gasteiger partial charge on any atom is 0.335 e. The second-order valence-corrected chi connectivity index (χ2v) is 12.0. The van der Waals surface area contributed by atoms with Crippen LogP contribution in [0.5, 0.6) is 0 Å². The molecule has 0 spiro atoms. The predicted molar refractivity (Wildman–Crippen MR) is 165 cm³/mol. The van der Waals surface area contributed by atoms with E-state index >= 15 is 0 Å². The fraction of sp³-hybridized carbons (Fsp3) is 0.226. The van der Waals surface area contributed by atoms with Gasteiger partial charge in [0, 0.05) is 29.4 Å². The third kappa shape index (κ3) is 7.97. The molecule has 0 aliphatic carbocycles. The van der Waals surface area contributed by atoms with E-state index < -0.39 is 38.7 Å². The molecule has 2 atom stereocenters. The molecule has 1 aliphatic rings. The number of hydrogen-bond donors (Lipinski definition) is 0. The summed E-state index contributed by atoms with van der Waals surface area (Å²) in [6.45, 7) is 9.22. The Morgan fingerprint density at radius 2 is 1.55 bits per heavy atom. The maximum absolute atomic E-state index is 14.1. The van der Waals surface area contributed by atoms with Gasteiger partial charge in [-0.25, -0.2) is 17.6 Å². The molecule has 0 bridgehead atoms. The van der Waals surface area contributed by atoms with Crippen LogP contribution in [0.1, 0.15) is 37.8 Å². The summed E-state index contributed by atoms with van der Waals surface area (Å²) in [6.07, 6.45) is 1.69. The van der Waals surface area contributed by atoms with Crippen molar-refractivity contribution in [2.24, 2.45) is 0 Å². The van der Waals surface area contributed by atoms with E-state index in [1.54, 1.807) is 44.2 Å². The van der Waals surface area contributed by atoms with E-state index in [1.165, 1.54) is 31.2 Å². The zero-order valence-corrected chi connectivity index (χ0v) is 26.5. The maximum atomic E-state index is 14.1. The highest BCUT2D eigenvalue weighted by atomic mass is 79.9. The van der Waals surface area contributed by atoms with Crippen LogP contribution in [0.3, 0.4) is 0 Å². The molecule has 0 N–H and O–H groups in total. The highest BCUT2D eigenvalue weighted by Gasteiger charge is 2.46. The van der Waals surface area contributed by atoms with Crippen molar-refractivity contribution in [1.29, 1.82) is 0 Å². The largest absolute Gasteiger partial charge is 0.466 e. The van der Waals surface area contributed by atoms with Crippen molar-refractivity contribution in [3.05, 3.63) is 123 Å². The number of halogens is 2. The molecule has 0 radical (unpaired) electrons. The highest BCUT2D eigenvalue weighted by Crippen LogP contribution is 2.45. The Balaban J connectivity index is 0.000000801. The van der Waals surface area contributed by atoms with Crippen molar-refractivity contribution < 1.29 is 36.8 Å². The Hall–Kier alpha value is -4.36. The Morgan fingerprint density at radius 1 is 0.977 bits per heavy atom. The van der Waals surface area contributed by atoms with E-state index in [0.717, 1.165) is 33.0 Å². The molecular formula is C31H30BrFN2O8S. The van der Waals surface area contributed by atoms with Crippen LogP contribution < -0.4 is 0 Å². The van der Waals surface area contributed by atoms with E-state index in [9.17, 15) is 32.5 Å². The molecule has 0 amide bonds. The van der Waals surface area contributed by atoms with Crippen LogP contribution in [0.25, 0.3) is 5.70 Å². The van der Waals surface area contributed by atoms with Crippen molar-refractivity contribution in [3.63, 3.8) is 0 Å². The summed E-state index contributed by atoms with van der Waals surface area (Å²) in [5.74, 6) is -2.18. The lowest BCUT2D eigenvalue weighted by molar-refractivity contribution is -0.384. The first-order valence-electron chi connectivity index (χ1n) is 13.3. The first-order valence-corrected chi connectivity index (χ1v) is 15.6. The smallest absolute Gasteiger partial charge is 0.335 e. The van der Waals surface area contributed by atoms with E-state index in [1.807, 2.05) is 0 Å². The number of hydrogen-bond acceptors (Lipinski definition) is 8. The number of rotatable bonds is 9. The number of esters is 2. The number of sulfonamides is 1. The number of benzene rings is 3. The summed E-state index contributed by atoms with van der Waals surface area (Å²) >= 11 is 3.37. The molecule has 3 aromatic carbocycles. The van der Waals surface area contributed by atoms with Gasteiger partial charge in [0.1, 0.15) is 5.82 Å². The van der Waals surface area contributed by atoms with Gasteiger partial charge in [0.2, 0.25) is 0 Å². The van der Waals surface area contributed by atoms with E-state index in [-0.39, 0.29) is 34.4 Å². The molecule has 4 rings (SSSR count). The topological polar surface area (TPSA) is 133 Å². The number of nitrogens with zero attached hydrogens (tertiary/aromatic N) is 2. The lowest BCUT2D eigenvalue weighted by Crippen LogP contribution is -2.41. The minimum atomic E-state index is -4.39. The lowest BCUT2D eigenvalue weighted by atomic mass is 9.89. The number of ether oxygens (including phenoxy) is 2. The third-order valence-electron chi connectivity index (χ3n) is 6.41. The molecule has 0 unspecified atom stereocenters. The molecule has 0 saturated carbocycles. The van der Waals surface area contributed by atoms with Crippen molar-refractivity contribution in [2.75, 3.05) is 13.2 Å². The summed E-state index contributed by atoms with van der Waals surface area (Å²) in [4.78, 5) is 33.0. The SMILES string of the molecule is C=C(C(=O)OCC)[C@H]1[C@H](c2ccc(F)cc2)C=C(c2ccc(Br)cc2)N1S(=O)(=O)c1ccc([N+](=O)[O-])cc1.CCOC(C)=O. The third-order valence-corrected chi connectivity index (χ3v) is 8.75. The highest BCUT2D eigenvalue weighted by molar-refractivity contribution is 9.10. The van der Waals surface area contributed by atoms with Crippen LogP contribution in [0, 0.1) is 15.9 Å². The number of carbonyl (C=O) groups is 2. The van der Waals surface area contributed by atoms with Gasteiger partial charge in [0.05, 0.1) is 40.3 Å². The molecule has 0 aromatic heterocycles. The first-order chi connectivity index (χ1) is 20.8. The van der Waals surface area contributed by atoms with Gasteiger partial charge in [-0.15, -0.1) is 0 Å². The summed E-state index contributed by atoms with van der Waals surface area (Å²) in [7, 11) is -4.39. The standard InChI is InChI=1S/C27H22BrFN2O6S.C4H8O2/c1-3-37-27(32)17(2)26-24(18-6-10-21(29)11-7-18)16-25(19-4-8-20(28)9-5-19)30(26)38(35,36)23-14-12-22(13-15-23)31(33)34;1-3-6-4(2)5/h4-16,24,26H,2-3H2,1H3;3H2,1-2H3/t24-,26-;/m0./s1. The molecular weight excluding hydrogens is 659 g/mol. The first kappa shape index (κ1) is 34.1. The second-order valence-electron chi connectivity index (χ2n) is 9.30. The molecule has 232 valence electrons. The minimum absolute atomic E-state index is 0.0495. The van der Waals surface area contributed by atoms with Crippen LogP contribution in [0.4, 0.5) is 10.1 Å². The number of nitro benzene ring substituents is 1. The molecule has 44 heavy (non-hydrogen) atoms. The van der Waals surface area contributed by atoms with Gasteiger partial charge >= 0.3 is 11.9 Å².